The quantitative estimate of drug-likeness (QED) is 0.838. The number of halogens is 1. The summed E-state index contributed by atoms with van der Waals surface area (Å²) in [6.45, 7) is 4.26. The van der Waals surface area contributed by atoms with E-state index in [1.165, 1.54) is 12.1 Å². The lowest BCUT2D eigenvalue weighted by molar-refractivity contribution is 0.303. The van der Waals surface area contributed by atoms with E-state index in [9.17, 15) is 4.39 Å². The molecule has 0 amide bonds. The van der Waals surface area contributed by atoms with Crippen LogP contribution in [-0.4, -0.2) is 0 Å². The lowest BCUT2D eigenvalue weighted by Gasteiger charge is -2.11. The van der Waals surface area contributed by atoms with Gasteiger partial charge in [-0.1, -0.05) is 18.2 Å². The maximum absolute atomic E-state index is 13.0. The largest absolute Gasteiger partial charge is 0.489 e. The zero-order valence-electron chi connectivity index (χ0n) is 10.5. The van der Waals surface area contributed by atoms with Crippen molar-refractivity contribution < 1.29 is 9.13 Å². The molecule has 18 heavy (non-hydrogen) atoms. The summed E-state index contributed by atoms with van der Waals surface area (Å²) in [6, 6.07) is 10.2. The SMILES string of the molecule is Cc1cc(C)c(OCc2cccc(F)c2)cc1N. The third-order valence-electron chi connectivity index (χ3n) is 2.85. The number of ether oxygens (including phenoxy) is 1. The highest BCUT2D eigenvalue weighted by Gasteiger charge is 2.04. The Bertz CT molecular complexity index is 566. The number of hydrogen-bond acceptors (Lipinski definition) is 2. The van der Waals surface area contributed by atoms with Crippen molar-refractivity contribution in [2.75, 3.05) is 5.73 Å². The highest BCUT2D eigenvalue weighted by atomic mass is 19.1. The van der Waals surface area contributed by atoms with Gasteiger partial charge in [0.15, 0.2) is 0 Å². The second-order valence-corrected chi connectivity index (χ2v) is 4.39. The molecule has 2 nitrogen and oxygen atoms in total. The Balaban J connectivity index is 2.13. The van der Waals surface area contributed by atoms with Gasteiger partial charge in [-0.3, -0.25) is 0 Å². The molecule has 2 N–H and O–H groups in total. The summed E-state index contributed by atoms with van der Waals surface area (Å²) in [6.07, 6.45) is 0. The van der Waals surface area contributed by atoms with E-state index in [0.717, 1.165) is 22.4 Å². The smallest absolute Gasteiger partial charge is 0.124 e. The van der Waals surface area contributed by atoms with Crippen molar-refractivity contribution in [1.82, 2.24) is 0 Å². The van der Waals surface area contributed by atoms with E-state index in [1.54, 1.807) is 6.07 Å². The summed E-state index contributed by atoms with van der Waals surface area (Å²) in [7, 11) is 0. The highest BCUT2D eigenvalue weighted by molar-refractivity contribution is 5.54. The monoisotopic (exact) mass is 245 g/mol. The molecule has 0 spiro atoms. The fourth-order valence-corrected chi connectivity index (χ4v) is 1.79. The van der Waals surface area contributed by atoms with Gasteiger partial charge in [-0.2, -0.15) is 0 Å². The molecule has 2 aromatic carbocycles. The van der Waals surface area contributed by atoms with Crippen molar-refractivity contribution >= 4 is 5.69 Å². The van der Waals surface area contributed by atoms with E-state index in [1.807, 2.05) is 32.0 Å². The van der Waals surface area contributed by atoms with Crippen LogP contribution in [0.1, 0.15) is 16.7 Å². The van der Waals surface area contributed by atoms with Crippen molar-refractivity contribution in [2.45, 2.75) is 20.5 Å². The van der Waals surface area contributed by atoms with Crippen LogP contribution >= 0.6 is 0 Å². The zero-order chi connectivity index (χ0) is 13.1. The summed E-state index contributed by atoms with van der Waals surface area (Å²) in [5, 5.41) is 0. The molecular formula is C15H16FNO. The van der Waals surface area contributed by atoms with Crippen LogP contribution in [0.25, 0.3) is 0 Å². The molecule has 0 atom stereocenters. The lowest BCUT2D eigenvalue weighted by Crippen LogP contribution is -1.99. The number of anilines is 1. The molecule has 0 heterocycles. The van der Waals surface area contributed by atoms with Crippen molar-refractivity contribution in [1.29, 1.82) is 0 Å². The summed E-state index contributed by atoms with van der Waals surface area (Å²) in [5.41, 5.74) is 9.40. The van der Waals surface area contributed by atoms with Gasteiger partial charge in [-0.15, -0.1) is 0 Å². The van der Waals surface area contributed by atoms with Crippen LogP contribution in [0.2, 0.25) is 0 Å². The van der Waals surface area contributed by atoms with E-state index in [2.05, 4.69) is 0 Å². The third kappa shape index (κ3) is 2.80. The van der Waals surface area contributed by atoms with Crippen LogP contribution in [0.4, 0.5) is 10.1 Å². The molecule has 94 valence electrons. The normalized spacial score (nSPS) is 10.4. The van der Waals surface area contributed by atoms with Crippen LogP contribution in [0.15, 0.2) is 36.4 Å². The summed E-state index contributed by atoms with van der Waals surface area (Å²) in [4.78, 5) is 0. The number of nitrogens with two attached hydrogens (primary N) is 1. The Hall–Kier alpha value is -2.03. The van der Waals surface area contributed by atoms with E-state index in [-0.39, 0.29) is 5.82 Å². The molecule has 0 aliphatic rings. The zero-order valence-corrected chi connectivity index (χ0v) is 10.5. The average molecular weight is 245 g/mol. The Labute approximate surface area is 106 Å². The van der Waals surface area contributed by atoms with Gasteiger partial charge in [0.05, 0.1) is 0 Å². The van der Waals surface area contributed by atoms with E-state index >= 15 is 0 Å². The molecule has 0 aliphatic heterocycles. The minimum Gasteiger partial charge on any atom is -0.489 e. The van der Waals surface area contributed by atoms with Gasteiger partial charge in [0.2, 0.25) is 0 Å². The molecule has 2 aromatic rings. The van der Waals surface area contributed by atoms with Gasteiger partial charge in [0.1, 0.15) is 18.2 Å². The van der Waals surface area contributed by atoms with Crippen molar-refractivity contribution in [3.63, 3.8) is 0 Å². The molecular weight excluding hydrogens is 229 g/mol. The van der Waals surface area contributed by atoms with Crippen molar-refractivity contribution in [3.05, 3.63) is 58.9 Å². The Kier molecular flexibility index (Phi) is 3.51. The number of hydrogen-bond donors (Lipinski definition) is 1. The molecule has 0 saturated heterocycles. The molecule has 0 saturated carbocycles. The fraction of sp³-hybridized carbons (Fsp3) is 0.200. The predicted molar refractivity (Wildman–Crippen MR) is 71.1 cm³/mol. The molecule has 0 aromatic heterocycles. The first kappa shape index (κ1) is 12.4. The van der Waals surface area contributed by atoms with Gasteiger partial charge in [0.25, 0.3) is 0 Å². The summed E-state index contributed by atoms with van der Waals surface area (Å²) >= 11 is 0. The van der Waals surface area contributed by atoms with Gasteiger partial charge < -0.3 is 10.5 Å². The van der Waals surface area contributed by atoms with Gasteiger partial charge in [0, 0.05) is 11.8 Å². The molecule has 3 heteroatoms. The Morgan fingerprint density at radius 3 is 2.61 bits per heavy atom. The number of rotatable bonds is 3. The molecule has 0 bridgehead atoms. The van der Waals surface area contributed by atoms with Crippen LogP contribution in [0, 0.1) is 19.7 Å². The molecule has 0 unspecified atom stereocenters. The van der Waals surface area contributed by atoms with Crippen molar-refractivity contribution in [3.8, 4) is 5.75 Å². The standard InChI is InChI=1S/C15H16FNO/c1-10-6-11(2)15(8-14(10)17)18-9-12-4-3-5-13(16)7-12/h3-8H,9,17H2,1-2H3. The number of nitrogen functional groups attached to an aromatic ring is 1. The van der Waals surface area contributed by atoms with Crippen LogP contribution < -0.4 is 10.5 Å². The first-order valence-electron chi connectivity index (χ1n) is 5.80. The third-order valence-corrected chi connectivity index (χ3v) is 2.85. The minimum absolute atomic E-state index is 0.253. The van der Waals surface area contributed by atoms with Crippen LogP contribution in [0.3, 0.4) is 0 Å². The highest BCUT2D eigenvalue weighted by Crippen LogP contribution is 2.25. The first-order valence-corrected chi connectivity index (χ1v) is 5.80. The lowest BCUT2D eigenvalue weighted by atomic mass is 10.1. The summed E-state index contributed by atoms with van der Waals surface area (Å²) in [5.74, 6) is 0.485. The average Bonchev–Trinajstić information content (AvgIpc) is 2.32. The predicted octanol–water partition coefficient (Wildman–Crippen LogP) is 3.60. The van der Waals surface area contributed by atoms with Gasteiger partial charge in [-0.25, -0.2) is 4.39 Å². The van der Waals surface area contributed by atoms with Gasteiger partial charge >= 0.3 is 0 Å². The molecule has 0 aliphatic carbocycles. The maximum Gasteiger partial charge on any atom is 0.124 e. The molecule has 0 radical (unpaired) electrons. The Morgan fingerprint density at radius 1 is 1.11 bits per heavy atom. The van der Waals surface area contributed by atoms with Crippen LogP contribution in [0.5, 0.6) is 5.75 Å². The summed E-state index contributed by atoms with van der Waals surface area (Å²) < 4.78 is 18.7. The van der Waals surface area contributed by atoms with Crippen LogP contribution in [-0.2, 0) is 6.61 Å². The van der Waals surface area contributed by atoms with Crippen molar-refractivity contribution in [2.24, 2.45) is 0 Å². The number of aryl methyl sites for hydroxylation is 2. The second kappa shape index (κ2) is 5.08. The Morgan fingerprint density at radius 2 is 1.89 bits per heavy atom. The van der Waals surface area contributed by atoms with E-state index < -0.39 is 0 Å². The molecule has 0 fully saturated rings. The first-order chi connectivity index (χ1) is 8.56. The van der Waals surface area contributed by atoms with E-state index in [4.69, 9.17) is 10.5 Å². The van der Waals surface area contributed by atoms with E-state index in [0.29, 0.717) is 12.3 Å². The molecule has 2 rings (SSSR count). The topological polar surface area (TPSA) is 35.2 Å². The maximum atomic E-state index is 13.0. The minimum atomic E-state index is -0.253. The van der Waals surface area contributed by atoms with Gasteiger partial charge in [-0.05, 0) is 42.7 Å². The fourth-order valence-electron chi connectivity index (χ4n) is 1.79. The second-order valence-electron chi connectivity index (χ2n) is 4.39. The number of benzene rings is 2.